The summed E-state index contributed by atoms with van der Waals surface area (Å²) in [4.78, 5) is 30.4. The Balaban J connectivity index is 1.90. The van der Waals surface area contributed by atoms with E-state index in [1.165, 1.54) is 0 Å². The van der Waals surface area contributed by atoms with Crippen molar-refractivity contribution < 1.29 is 4.79 Å². The number of aromatic amines is 1. The normalized spacial score (nSPS) is 11.4. The van der Waals surface area contributed by atoms with Crippen LogP contribution in [-0.2, 0) is 0 Å². The van der Waals surface area contributed by atoms with E-state index in [1.54, 1.807) is 22.7 Å². The molecule has 0 bridgehead atoms. The molecule has 1 aromatic carbocycles. The Morgan fingerprint density at radius 3 is 2.91 bits per heavy atom. The van der Waals surface area contributed by atoms with Gasteiger partial charge >= 0.3 is 0 Å². The summed E-state index contributed by atoms with van der Waals surface area (Å²) in [6, 6.07) is 7.06. The molecular formula is C15H18N6O2. The Hall–Kier alpha value is -2.74. The molecule has 0 unspecified atom stereocenters. The third-order valence-electron chi connectivity index (χ3n) is 3.55. The average molecular weight is 314 g/mol. The zero-order chi connectivity index (χ0) is 16.4. The molecule has 2 heterocycles. The van der Waals surface area contributed by atoms with Gasteiger partial charge in [-0.25, -0.2) is 9.73 Å². The van der Waals surface area contributed by atoms with Gasteiger partial charge in [0, 0.05) is 6.54 Å². The van der Waals surface area contributed by atoms with Crippen LogP contribution in [0.3, 0.4) is 0 Å². The number of aromatic nitrogens is 4. The Kier molecular flexibility index (Phi) is 4.07. The minimum atomic E-state index is -0.372. The smallest absolute Gasteiger partial charge is 0.281 e. The molecule has 2 N–H and O–H groups in total. The maximum absolute atomic E-state index is 12.2. The molecule has 120 valence electrons. The molecule has 3 rings (SSSR count). The Morgan fingerprint density at radius 1 is 1.35 bits per heavy atom. The van der Waals surface area contributed by atoms with Crippen molar-refractivity contribution in [2.24, 2.45) is 0 Å². The van der Waals surface area contributed by atoms with E-state index in [4.69, 9.17) is 0 Å². The van der Waals surface area contributed by atoms with E-state index in [0.717, 1.165) is 13.0 Å². The van der Waals surface area contributed by atoms with Crippen LogP contribution in [0.25, 0.3) is 16.6 Å². The molecule has 8 heteroatoms. The van der Waals surface area contributed by atoms with Crippen LogP contribution in [0.1, 0.15) is 16.9 Å². The SMILES string of the molecule is CN(C)CCCNC(=O)c1n[nH]n2c1nc(=O)c1ccccc12. The zero-order valence-electron chi connectivity index (χ0n) is 13.0. The third kappa shape index (κ3) is 2.93. The molecule has 0 atom stereocenters. The number of para-hydroxylation sites is 1. The van der Waals surface area contributed by atoms with Crippen molar-refractivity contribution in [2.45, 2.75) is 6.42 Å². The van der Waals surface area contributed by atoms with Gasteiger partial charge in [0.05, 0.1) is 10.9 Å². The zero-order valence-corrected chi connectivity index (χ0v) is 13.0. The van der Waals surface area contributed by atoms with E-state index in [9.17, 15) is 9.59 Å². The number of carbonyl (C=O) groups is 1. The number of nitrogens with zero attached hydrogens (tertiary/aromatic N) is 4. The van der Waals surface area contributed by atoms with Gasteiger partial charge in [-0.05, 0) is 39.2 Å². The Bertz CT molecular complexity index is 911. The molecule has 0 saturated heterocycles. The van der Waals surface area contributed by atoms with E-state index >= 15 is 0 Å². The van der Waals surface area contributed by atoms with Crippen LogP contribution in [-0.4, -0.2) is 57.8 Å². The highest BCUT2D eigenvalue weighted by molar-refractivity contribution is 5.98. The first kappa shape index (κ1) is 15.2. The van der Waals surface area contributed by atoms with E-state index < -0.39 is 0 Å². The van der Waals surface area contributed by atoms with Crippen LogP contribution in [0, 0.1) is 0 Å². The summed E-state index contributed by atoms with van der Waals surface area (Å²) in [5, 5.41) is 10.0. The largest absolute Gasteiger partial charge is 0.350 e. The van der Waals surface area contributed by atoms with E-state index in [-0.39, 0.29) is 22.8 Å². The van der Waals surface area contributed by atoms with E-state index in [1.807, 2.05) is 25.1 Å². The fourth-order valence-corrected chi connectivity index (χ4v) is 2.41. The second kappa shape index (κ2) is 6.17. The van der Waals surface area contributed by atoms with Gasteiger partial charge in [-0.1, -0.05) is 12.1 Å². The van der Waals surface area contributed by atoms with Crippen molar-refractivity contribution in [3.05, 3.63) is 40.3 Å². The van der Waals surface area contributed by atoms with Gasteiger partial charge in [-0.3, -0.25) is 9.59 Å². The molecule has 2 aromatic heterocycles. The van der Waals surface area contributed by atoms with Gasteiger partial charge in [0.1, 0.15) is 0 Å². The molecule has 1 amide bonds. The van der Waals surface area contributed by atoms with E-state index in [0.29, 0.717) is 17.4 Å². The van der Waals surface area contributed by atoms with Gasteiger partial charge in [-0.15, -0.1) is 5.10 Å². The van der Waals surface area contributed by atoms with Crippen LogP contribution in [0.15, 0.2) is 29.1 Å². The summed E-state index contributed by atoms with van der Waals surface area (Å²) in [6.07, 6.45) is 0.831. The highest BCUT2D eigenvalue weighted by atomic mass is 16.2. The van der Waals surface area contributed by atoms with Gasteiger partial charge in [-0.2, -0.15) is 4.98 Å². The second-order valence-electron chi connectivity index (χ2n) is 5.57. The molecule has 0 spiro atoms. The molecule has 0 aliphatic rings. The molecule has 0 aliphatic heterocycles. The maximum Gasteiger partial charge on any atom is 0.281 e. The maximum atomic E-state index is 12.2. The van der Waals surface area contributed by atoms with Crippen LogP contribution < -0.4 is 10.9 Å². The number of hydrogen-bond acceptors (Lipinski definition) is 5. The second-order valence-corrected chi connectivity index (χ2v) is 5.57. The van der Waals surface area contributed by atoms with Crippen molar-refractivity contribution >= 4 is 22.5 Å². The number of fused-ring (bicyclic) bond motifs is 3. The molecule has 0 saturated carbocycles. The summed E-state index contributed by atoms with van der Waals surface area (Å²) in [5.41, 5.74) is 0.627. The lowest BCUT2D eigenvalue weighted by Gasteiger charge is -2.09. The van der Waals surface area contributed by atoms with E-state index in [2.05, 4.69) is 20.6 Å². The minimum absolute atomic E-state index is 0.123. The predicted molar refractivity (Wildman–Crippen MR) is 86.6 cm³/mol. The van der Waals surface area contributed by atoms with Crippen molar-refractivity contribution in [3.8, 4) is 0 Å². The number of H-pyrrole nitrogens is 1. The molecule has 8 nitrogen and oxygen atoms in total. The number of hydrogen-bond donors (Lipinski definition) is 2. The minimum Gasteiger partial charge on any atom is -0.350 e. The highest BCUT2D eigenvalue weighted by Crippen LogP contribution is 2.12. The summed E-state index contributed by atoms with van der Waals surface area (Å²) in [7, 11) is 3.95. The van der Waals surface area contributed by atoms with Gasteiger partial charge in [0.25, 0.3) is 11.5 Å². The Morgan fingerprint density at radius 2 is 2.13 bits per heavy atom. The molecule has 3 aromatic rings. The van der Waals surface area contributed by atoms with Crippen LogP contribution in [0.5, 0.6) is 0 Å². The Labute approximate surface area is 132 Å². The molecule has 23 heavy (non-hydrogen) atoms. The van der Waals surface area contributed by atoms with Crippen molar-refractivity contribution in [1.29, 1.82) is 0 Å². The van der Waals surface area contributed by atoms with Gasteiger partial charge in [0.15, 0.2) is 11.3 Å². The summed E-state index contributed by atoms with van der Waals surface area (Å²) >= 11 is 0. The van der Waals surface area contributed by atoms with Crippen LogP contribution >= 0.6 is 0 Å². The van der Waals surface area contributed by atoms with Gasteiger partial charge < -0.3 is 10.2 Å². The van der Waals surface area contributed by atoms with Crippen LogP contribution in [0.2, 0.25) is 0 Å². The highest BCUT2D eigenvalue weighted by Gasteiger charge is 2.17. The standard InChI is InChI=1S/C15H18N6O2/c1-20(2)9-5-8-16-15(23)12-13-17-14(22)10-6-3-4-7-11(10)21(13)19-18-12/h3-4,6-7,19H,5,8-9H2,1-2H3,(H,16,23). The van der Waals surface area contributed by atoms with Gasteiger partial charge in [0.2, 0.25) is 0 Å². The van der Waals surface area contributed by atoms with Crippen molar-refractivity contribution in [2.75, 3.05) is 27.2 Å². The predicted octanol–water partition coefficient (Wildman–Crippen LogP) is 0.252. The first-order chi connectivity index (χ1) is 11.1. The number of amides is 1. The first-order valence-corrected chi connectivity index (χ1v) is 7.37. The first-order valence-electron chi connectivity index (χ1n) is 7.37. The topological polar surface area (TPSA) is 95.4 Å². The number of nitrogens with one attached hydrogen (secondary N) is 2. The lowest BCUT2D eigenvalue weighted by Crippen LogP contribution is -2.28. The lowest BCUT2D eigenvalue weighted by atomic mass is 10.2. The third-order valence-corrected chi connectivity index (χ3v) is 3.55. The molecule has 0 fully saturated rings. The van der Waals surface area contributed by atoms with Crippen molar-refractivity contribution in [1.82, 2.24) is 30.0 Å². The lowest BCUT2D eigenvalue weighted by molar-refractivity contribution is 0.0948. The number of rotatable bonds is 5. The fourth-order valence-electron chi connectivity index (χ4n) is 2.41. The monoisotopic (exact) mass is 314 g/mol. The van der Waals surface area contributed by atoms with Crippen molar-refractivity contribution in [3.63, 3.8) is 0 Å². The fraction of sp³-hybridized carbons (Fsp3) is 0.333. The molecule has 0 radical (unpaired) electrons. The average Bonchev–Trinajstić information content (AvgIpc) is 2.95. The number of benzene rings is 1. The summed E-state index contributed by atoms with van der Waals surface area (Å²) < 4.78 is 1.55. The number of carbonyl (C=O) groups excluding carboxylic acids is 1. The quantitative estimate of drug-likeness (QED) is 0.658. The summed E-state index contributed by atoms with van der Waals surface area (Å²) in [5.74, 6) is -0.343. The van der Waals surface area contributed by atoms with Crippen LogP contribution in [0.4, 0.5) is 0 Å². The summed E-state index contributed by atoms with van der Waals surface area (Å²) in [6.45, 7) is 1.41. The molecular weight excluding hydrogens is 296 g/mol. The molecule has 0 aliphatic carbocycles.